The highest BCUT2D eigenvalue weighted by molar-refractivity contribution is 5.79. The molecule has 0 amide bonds. The topological polar surface area (TPSA) is 74.1 Å². The van der Waals surface area contributed by atoms with E-state index in [1.54, 1.807) is 18.2 Å². The van der Waals surface area contributed by atoms with Crippen molar-refractivity contribution in [2.45, 2.75) is 19.6 Å². The van der Waals surface area contributed by atoms with Gasteiger partial charge in [-0.05, 0) is 49.4 Å². The molecule has 0 aliphatic rings. The first-order valence-corrected chi connectivity index (χ1v) is 8.02. The number of rotatable bonds is 3. The van der Waals surface area contributed by atoms with Crippen LogP contribution in [0.4, 0.5) is 13.2 Å². The molecule has 27 heavy (non-hydrogen) atoms. The molecule has 0 saturated heterocycles. The summed E-state index contributed by atoms with van der Waals surface area (Å²) in [5.74, 6) is -0.131. The molecule has 9 heteroatoms. The van der Waals surface area contributed by atoms with Crippen molar-refractivity contribution in [3.63, 3.8) is 0 Å². The summed E-state index contributed by atoms with van der Waals surface area (Å²) in [6.07, 6.45) is -4.41. The molecule has 2 aromatic heterocycles. The van der Waals surface area contributed by atoms with E-state index >= 15 is 0 Å². The largest absolute Gasteiger partial charge is 0.419 e. The number of hydrogen-bond donors (Lipinski definition) is 0. The average molecular weight is 375 g/mol. The summed E-state index contributed by atoms with van der Waals surface area (Å²) < 4.78 is 49.8. The summed E-state index contributed by atoms with van der Waals surface area (Å²) in [5, 5.41) is 3.86. The van der Waals surface area contributed by atoms with Crippen molar-refractivity contribution in [3.05, 3.63) is 58.6 Å². The van der Waals surface area contributed by atoms with Gasteiger partial charge in [0.25, 0.3) is 5.89 Å². The predicted molar refractivity (Wildman–Crippen MR) is 89.9 cm³/mol. The van der Waals surface area contributed by atoms with Crippen LogP contribution in [0.3, 0.4) is 0 Å². The molecular weight excluding hydrogens is 363 g/mol. The number of fused-ring (bicyclic) bond motifs is 1. The van der Waals surface area contributed by atoms with E-state index in [2.05, 4.69) is 10.1 Å². The van der Waals surface area contributed by atoms with Crippen LogP contribution in [-0.4, -0.2) is 14.7 Å². The maximum absolute atomic E-state index is 12.6. The van der Waals surface area contributed by atoms with Crippen molar-refractivity contribution >= 4 is 11.1 Å². The fourth-order valence-electron chi connectivity index (χ4n) is 2.76. The molecule has 0 aliphatic heterocycles. The molecule has 2 aromatic carbocycles. The second kappa shape index (κ2) is 6.11. The van der Waals surface area contributed by atoms with Gasteiger partial charge in [-0.25, -0.2) is 4.79 Å². The Bertz CT molecular complexity index is 1170. The van der Waals surface area contributed by atoms with Crippen LogP contribution in [0.25, 0.3) is 33.9 Å². The van der Waals surface area contributed by atoms with Crippen LogP contribution >= 0.6 is 0 Å². The number of benzene rings is 2. The first-order valence-electron chi connectivity index (χ1n) is 8.02. The molecule has 0 N–H and O–H groups in total. The monoisotopic (exact) mass is 375 g/mol. The van der Waals surface area contributed by atoms with E-state index in [1.165, 1.54) is 16.7 Å². The molecule has 4 rings (SSSR count). The van der Waals surface area contributed by atoms with Gasteiger partial charge < -0.3 is 8.94 Å². The quantitative estimate of drug-likeness (QED) is 0.532. The van der Waals surface area contributed by atoms with Crippen molar-refractivity contribution in [2.24, 2.45) is 0 Å². The molecular formula is C18H12F3N3O3. The molecule has 2 heterocycles. The Kier molecular flexibility index (Phi) is 3.87. The van der Waals surface area contributed by atoms with E-state index in [4.69, 9.17) is 8.94 Å². The standard InChI is InChI=1S/C18H12F3N3O3/c1-2-24-13-8-5-11(9-14(13)26-17(24)25)15-22-16(27-23-15)10-3-6-12(7-4-10)18(19,20)21/h3-9H,2H2,1H3. The third kappa shape index (κ3) is 3.01. The molecule has 0 fully saturated rings. The summed E-state index contributed by atoms with van der Waals surface area (Å²) in [5.41, 5.74) is 1.21. The van der Waals surface area contributed by atoms with E-state index < -0.39 is 17.5 Å². The zero-order valence-corrected chi connectivity index (χ0v) is 13.9. The van der Waals surface area contributed by atoms with Crippen LogP contribution in [0.5, 0.6) is 0 Å². The van der Waals surface area contributed by atoms with E-state index in [0.717, 1.165) is 12.1 Å². The van der Waals surface area contributed by atoms with Crippen molar-refractivity contribution in [1.82, 2.24) is 14.7 Å². The van der Waals surface area contributed by atoms with Crippen LogP contribution in [0.1, 0.15) is 12.5 Å². The van der Waals surface area contributed by atoms with Crippen LogP contribution in [0, 0.1) is 0 Å². The van der Waals surface area contributed by atoms with Gasteiger partial charge >= 0.3 is 11.9 Å². The Hall–Kier alpha value is -3.36. The van der Waals surface area contributed by atoms with Crippen molar-refractivity contribution in [3.8, 4) is 22.8 Å². The Balaban J connectivity index is 1.68. The minimum atomic E-state index is -4.41. The van der Waals surface area contributed by atoms with E-state index in [9.17, 15) is 18.0 Å². The summed E-state index contributed by atoms with van der Waals surface area (Å²) in [6.45, 7) is 2.31. The Morgan fingerprint density at radius 2 is 1.78 bits per heavy atom. The van der Waals surface area contributed by atoms with Crippen LogP contribution in [0.15, 0.2) is 56.2 Å². The Morgan fingerprint density at radius 3 is 2.44 bits per heavy atom. The first-order chi connectivity index (χ1) is 12.9. The van der Waals surface area contributed by atoms with Gasteiger partial charge in [0.15, 0.2) is 5.58 Å². The Labute approximate surface area is 149 Å². The zero-order valence-electron chi connectivity index (χ0n) is 13.9. The number of halogens is 3. The van der Waals surface area contributed by atoms with E-state index in [0.29, 0.717) is 28.8 Å². The van der Waals surface area contributed by atoms with Gasteiger partial charge in [0.1, 0.15) is 0 Å². The van der Waals surface area contributed by atoms with Gasteiger partial charge in [-0.1, -0.05) is 5.16 Å². The zero-order chi connectivity index (χ0) is 19.2. The van der Waals surface area contributed by atoms with E-state index in [1.807, 2.05) is 6.92 Å². The van der Waals surface area contributed by atoms with Crippen molar-refractivity contribution in [2.75, 3.05) is 0 Å². The molecule has 0 unspecified atom stereocenters. The maximum atomic E-state index is 12.6. The molecule has 6 nitrogen and oxygen atoms in total. The second-order valence-corrected chi connectivity index (χ2v) is 5.79. The fourth-order valence-corrected chi connectivity index (χ4v) is 2.76. The number of hydrogen-bond acceptors (Lipinski definition) is 5. The van der Waals surface area contributed by atoms with E-state index in [-0.39, 0.29) is 11.7 Å². The molecule has 0 spiro atoms. The Morgan fingerprint density at radius 1 is 1.07 bits per heavy atom. The molecule has 4 aromatic rings. The molecule has 0 saturated carbocycles. The highest BCUT2D eigenvalue weighted by Crippen LogP contribution is 2.31. The van der Waals surface area contributed by atoms with Crippen molar-refractivity contribution < 1.29 is 22.1 Å². The van der Waals surface area contributed by atoms with Gasteiger partial charge in [0, 0.05) is 17.7 Å². The lowest BCUT2D eigenvalue weighted by atomic mass is 10.1. The van der Waals surface area contributed by atoms with Gasteiger partial charge in [0.05, 0.1) is 11.1 Å². The number of oxazole rings is 1. The predicted octanol–water partition coefficient (Wildman–Crippen LogP) is 4.35. The summed E-state index contributed by atoms with van der Waals surface area (Å²) in [4.78, 5) is 16.0. The number of nitrogens with zero attached hydrogens (tertiary/aromatic N) is 3. The normalized spacial score (nSPS) is 12.0. The molecule has 138 valence electrons. The molecule has 0 atom stereocenters. The minimum Gasteiger partial charge on any atom is -0.408 e. The minimum absolute atomic E-state index is 0.0893. The lowest BCUT2D eigenvalue weighted by Crippen LogP contribution is -2.11. The summed E-state index contributed by atoms with van der Waals surface area (Å²) in [6, 6.07) is 9.48. The highest BCUT2D eigenvalue weighted by atomic mass is 19.4. The lowest BCUT2D eigenvalue weighted by Gasteiger charge is -2.05. The third-order valence-electron chi connectivity index (χ3n) is 4.13. The molecule has 0 bridgehead atoms. The van der Waals surface area contributed by atoms with Gasteiger partial charge in [0.2, 0.25) is 5.82 Å². The average Bonchev–Trinajstić information content (AvgIpc) is 3.24. The smallest absolute Gasteiger partial charge is 0.408 e. The highest BCUT2D eigenvalue weighted by Gasteiger charge is 2.30. The van der Waals surface area contributed by atoms with Gasteiger partial charge in [-0.2, -0.15) is 18.2 Å². The maximum Gasteiger partial charge on any atom is 0.419 e. The summed E-state index contributed by atoms with van der Waals surface area (Å²) in [7, 11) is 0. The third-order valence-corrected chi connectivity index (χ3v) is 4.13. The fraction of sp³-hybridized carbons (Fsp3) is 0.167. The number of aryl methyl sites for hydroxylation is 1. The van der Waals surface area contributed by atoms with Crippen LogP contribution in [-0.2, 0) is 12.7 Å². The summed E-state index contributed by atoms with van der Waals surface area (Å²) >= 11 is 0. The van der Waals surface area contributed by atoms with Crippen LogP contribution < -0.4 is 5.76 Å². The van der Waals surface area contributed by atoms with Crippen LogP contribution in [0.2, 0.25) is 0 Å². The molecule has 0 aliphatic carbocycles. The van der Waals surface area contributed by atoms with Gasteiger partial charge in [-0.3, -0.25) is 4.57 Å². The van der Waals surface area contributed by atoms with Gasteiger partial charge in [-0.15, -0.1) is 0 Å². The molecule has 0 radical (unpaired) electrons. The lowest BCUT2D eigenvalue weighted by molar-refractivity contribution is -0.137. The first kappa shape index (κ1) is 17.1. The van der Waals surface area contributed by atoms with Crippen molar-refractivity contribution in [1.29, 1.82) is 0 Å². The number of aromatic nitrogens is 3. The number of alkyl halides is 3. The SMILES string of the molecule is CCn1c(=O)oc2cc(-c3noc(-c4ccc(C(F)(F)F)cc4)n3)ccc21. The second-order valence-electron chi connectivity index (χ2n) is 5.79.